The Morgan fingerprint density at radius 3 is 0.722 bits per heavy atom. The Bertz CT molecular complexity index is 3880. The highest BCUT2D eigenvalue weighted by molar-refractivity contribution is 6.11. The van der Waals surface area contributed by atoms with E-state index >= 15 is 8.78 Å². The van der Waals surface area contributed by atoms with Crippen LogP contribution in [0, 0.1) is 0 Å². The first-order chi connectivity index (χ1) is 47.9. The Morgan fingerprint density at radius 2 is 0.500 bits per heavy atom. The van der Waals surface area contributed by atoms with Crippen LogP contribution >= 0.6 is 0 Å². The van der Waals surface area contributed by atoms with Crippen LogP contribution in [-0.4, -0.2) is 189 Å². The second-order valence-electron chi connectivity index (χ2n) is 21.6. The Balaban J connectivity index is 1.62. The SMILES string of the molecule is CN(c1ccc2c(c1)c1cc(N(C)c3nc(OCC(F)(F)C(F)(F)C(F)(F)C(F)(F)F)nc(OCC(F)(F)C(F)(F)C(F)(F)C(F)(F)F)n3)ccc1n2-c1ccc(C(F)(F)C(F)(F)C(F)(F)C(F)(F)F)cc1)c1nc(OCC(F)(F)C(F)(F)C(F)(F)C(F)(F)F)nc(OCC(F)(F)C(F)(F)C(F)(F)C(F)(F)F)n1. The molecule has 3 aromatic carbocycles. The predicted molar refractivity (Wildman–Crippen MR) is 262 cm³/mol. The van der Waals surface area contributed by atoms with Gasteiger partial charge in [-0.15, -0.1) is 9.97 Å². The van der Waals surface area contributed by atoms with Crippen LogP contribution in [0.4, 0.5) is 221 Å². The number of hydrogen-bond acceptors (Lipinski definition) is 12. The molecular formula is C50H24F45N9O4. The van der Waals surface area contributed by atoms with Gasteiger partial charge in [-0.2, -0.15) is 218 Å². The lowest BCUT2D eigenvalue weighted by molar-refractivity contribution is -0.399. The van der Waals surface area contributed by atoms with Gasteiger partial charge in [-0.05, 0) is 48.5 Å². The molecule has 0 N–H and O–H groups in total. The van der Waals surface area contributed by atoms with Gasteiger partial charge >= 0.3 is 144 Å². The summed E-state index contributed by atoms with van der Waals surface area (Å²) in [6, 6.07) is -6.38. The van der Waals surface area contributed by atoms with Gasteiger partial charge in [0.15, 0.2) is 26.4 Å². The zero-order chi connectivity index (χ0) is 83.8. The molecule has 108 heavy (non-hydrogen) atoms. The van der Waals surface area contributed by atoms with Crippen LogP contribution in [0.2, 0.25) is 0 Å². The summed E-state index contributed by atoms with van der Waals surface area (Å²) in [5.74, 6) is -114. The Kier molecular flexibility index (Phi) is 21.8. The number of aromatic nitrogens is 7. The molecule has 0 fully saturated rings. The molecule has 0 bridgehead atoms. The van der Waals surface area contributed by atoms with Crippen molar-refractivity contribution in [3.8, 4) is 29.7 Å². The summed E-state index contributed by atoms with van der Waals surface area (Å²) in [5.41, 5.74) is -6.41. The van der Waals surface area contributed by atoms with Crippen LogP contribution in [0.5, 0.6) is 24.0 Å². The first-order valence-electron chi connectivity index (χ1n) is 26.6. The summed E-state index contributed by atoms with van der Waals surface area (Å²) in [5, 5.41) is -1.50. The largest absolute Gasteiger partial charge is 0.460 e. The van der Waals surface area contributed by atoms with Crippen molar-refractivity contribution in [2.45, 2.75) is 120 Å². The van der Waals surface area contributed by atoms with Crippen molar-refractivity contribution in [3.05, 3.63) is 66.2 Å². The molecule has 0 radical (unpaired) electrons. The number of nitrogens with zero attached hydrogens (tertiary/aromatic N) is 9. The van der Waals surface area contributed by atoms with Crippen molar-refractivity contribution in [2.75, 3.05) is 50.3 Å². The standard InChI is InChI=1S/C50H24F45N9O4/c1-102(25-96-27(105-13-31(51,52)36(61,62)41(71,72)46(81,82)83)100-28(97-25)106-14-32(53,54)37(63,64)42(73,74)47(84,85)86)19-7-9-23-21(11-19)22-12-20(8-10-24(22)104(23)18-5-3-17(4-6-18)35(59,60)40(69,70)45(79,80)50(93,94)95)103(2)26-98-29(107-15-33(55,56)38(65,66)43(75,76)48(87,88)89)101-30(99-26)108-16-34(57,58)39(67,68)44(77,78)49(90,91)92/h3-12H,13-16H2,1-2H3. The molecule has 0 saturated heterocycles. The highest BCUT2D eigenvalue weighted by Crippen LogP contribution is 2.60. The predicted octanol–water partition coefficient (Wildman–Crippen LogP) is 19.0. The summed E-state index contributed by atoms with van der Waals surface area (Å²) in [6.07, 6.45) is -37.7. The van der Waals surface area contributed by atoms with E-state index in [4.69, 9.17) is 0 Å². The van der Waals surface area contributed by atoms with Crippen LogP contribution in [0.25, 0.3) is 27.5 Å². The second-order valence-corrected chi connectivity index (χ2v) is 21.6. The van der Waals surface area contributed by atoms with Gasteiger partial charge in [0.1, 0.15) is 0 Å². The second kappa shape index (κ2) is 26.7. The van der Waals surface area contributed by atoms with E-state index in [-0.39, 0.29) is 34.1 Å². The zero-order valence-electron chi connectivity index (χ0n) is 50.3. The quantitative estimate of drug-likeness (QED) is 0.0434. The van der Waals surface area contributed by atoms with Crippen molar-refractivity contribution in [2.24, 2.45) is 0 Å². The molecule has 3 aromatic heterocycles. The van der Waals surface area contributed by atoms with E-state index < -0.39 is 227 Å². The van der Waals surface area contributed by atoms with Gasteiger partial charge in [0.2, 0.25) is 11.9 Å². The summed E-state index contributed by atoms with van der Waals surface area (Å²) in [4.78, 5) is 17.7. The van der Waals surface area contributed by atoms with E-state index in [1.165, 1.54) is 0 Å². The summed E-state index contributed by atoms with van der Waals surface area (Å²) < 4.78 is 638. The fraction of sp³-hybridized carbons (Fsp3) is 0.520. The third kappa shape index (κ3) is 14.6. The van der Waals surface area contributed by atoms with Gasteiger partial charge in [0.05, 0.1) is 11.0 Å². The van der Waals surface area contributed by atoms with Gasteiger partial charge in [0.25, 0.3) is 0 Å². The lowest BCUT2D eigenvalue weighted by atomic mass is 9.96. The summed E-state index contributed by atoms with van der Waals surface area (Å²) in [7, 11) is 0.854. The Morgan fingerprint density at radius 1 is 0.278 bits per heavy atom. The third-order valence-corrected chi connectivity index (χ3v) is 14.3. The first kappa shape index (κ1) is 88.0. The number of anilines is 4. The molecule has 0 aliphatic carbocycles. The van der Waals surface area contributed by atoms with E-state index in [0.29, 0.717) is 55.1 Å². The normalized spacial score (nSPS) is 15.0. The summed E-state index contributed by atoms with van der Waals surface area (Å²) >= 11 is 0. The molecule has 0 atom stereocenters. The third-order valence-electron chi connectivity index (χ3n) is 14.3. The zero-order valence-corrected chi connectivity index (χ0v) is 50.3. The number of fused-ring (bicyclic) bond motifs is 3. The maximum atomic E-state index is 15.1. The molecule has 6 rings (SSSR count). The first-order valence-corrected chi connectivity index (χ1v) is 26.6. The van der Waals surface area contributed by atoms with Gasteiger partial charge in [-0.1, -0.05) is 12.1 Å². The van der Waals surface area contributed by atoms with Gasteiger partial charge in [0, 0.05) is 47.5 Å². The van der Waals surface area contributed by atoms with Crippen molar-refractivity contribution in [1.82, 2.24) is 34.5 Å². The minimum Gasteiger partial charge on any atom is -0.457 e. The molecule has 6 aromatic rings. The summed E-state index contributed by atoms with van der Waals surface area (Å²) in [6.45, 7) is -14.3. The number of benzene rings is 3. The van der Waals surface area contributed by atoms with Crippen LogP contribution in [-0.2, 0) is 5.92 Å². The van der Waals surface area contributed by atoms with Gasteiger partial charge in [-0.25, -0.2) is 0 Å². The molecule has 0 aliphatic heterocycles. The van der Waals surface area contributed by atoms with Crippen molar-refractivity contribution < 1.29 is 217 Å². The molecule has 58 heteroatoms. The topological polar surface area (TPSA) is 126 Å². The van der Waals surface area contributed by atoms with Crippen LogP contribution in [0.1, 0.15) is 5.56 Å². The smallest absolute Gasteiger partial charge is 0.457 e. The molecule has 608 valence electrons. The molecule has 0 aliphatic rings. The average Bonchev–Trinajstić information content (AvgIpc) is 1.31. The Hall–Kier alpha value is -8.87. The van der Waals surface area contributed by atoms with E-state index in [0.717, 1.165) is 0 Å². The number of halogens is 45. The van der Waals surface area contributed by atoms with Gasteiger partial charge < -0.3 is 33.3 Å². The lowest BCUT2D eigenvalue weighted by Gasteiger charge is -2.33. The monoisotopic (exact) mass is 1670 g/mol. The number of rotatable bonds is 28. The average molecular weight is 1670 g/mol. The van der Waals surface area contributed by atoms with Crippen LogP contribution in [0.3, 0.4) is 0 Å². The number of alkyl halides is 45. The van der Waals surface area contributed by atoms with E-state index in [9.17, 15) is 189 Å². The minimum absolute atomic E-state index is 0.129. The van der Waals surface area contributed by atoms with Crippen molar-refractivity contribution in [1.29, 1.82) is 0 Å². The molecule has 3 heterocycles. The fourth-order valence-electron chi connectivity index (χ4n) is 8.13. The Labute approximate surface area is 562 Å². The molecule has 0 spiro atoms. The number of ether oxygens (including phenoxy) is 4. The maximum Gasteiger partial charge on any atom is 0.460 e. The van der Waals surface area contributed by atoms with E-state index in [1.807, 2.05) is 0 Å². The molecule has 0 saturated carbocycles. The van der Waals surface area contributed by atoms with Crippen LogP contribution in [0.15, 0.2) is 60.7 Å². The van der Waals surface area contributed by atoms with Crippen molar-refractivity contribution in [3.63, 3.8) is 0 Å². The molecule has 0 amide bonds. The van der Waals surface area contributed by atoms with Crippen molar-refractivity contribution >= 4 is 45.1 Å². The highest BCUT2D eigenvalue weighted by atomic mass is 19.5. The highest BCUT2D eigenvalue weighted by Gasteiger charge is 2.86. The van der Waals surface area contributed by atoms with Gasteiger partial charge in [-0.3, -0.25) is 0 Å². The van der Waals surface area contributed by atoms with Crippen LogP contribution < -0.4 is 28.7 Å². The molecular weight excluding hydrogens is 1650 g/mol. The van der Waals surface area contributed by atoms with E-state index in [2.05, 4.69) is 48.9 Å². The fourth-order valence-corrected chi connectivity index (χ4v) is 8.13. The molecule has 13 nitrogen and oxygen atoms in total. The minimum atomic E-state index is -7.75. The number of hydrogen-bond donors (Lipinski definition) is 0. The van der Waals surface area contributed by atoms with E-state index in [1.54, 1.807) is 0 Å². The maximum absolute atomic E-state index is 15.1. The lowest BCUT2D eigenvalue weighted by Crippen LogP contribution is -2.62. The molecule has 0 unspecified atom stereocenters.